The van der Waals surface area contributed by atoms with Crippen molar-refractivity contribution in [3.63, 3.8) is 0 Å². The van der Waals surface area contributed by atoms with Crippen LogP contribution in [0.3, 0.4) is 0 Å². The summed E-state index contributed by atoms with van der Waals surface area (Å²) in [6, 6.07) is 0. The molecule has 1 aliphatic carbocycles. The number of sulfonamides is 1. The summed E-state index contributed by atoms with van der Waals surface area (Å²) in [5, 5.41) is -0.0494. The van der Waals surface area contributed by atoms with Gasteiger partial charge in [-0.15, -0.1) is 11.6 Å². The molecular formula is C11H19ClF3NO2S. The van der Waals surface area contributed by atoms with Gasteiger partial charge >= 0.3 is 6.18 Å². The molecular weight excluding hydrogens is 303 g/mol. The lowest BCUT2D eigenvalue weighted by atomic mass is 9.89. The second-order valence-corrected chi connectivity index (χ2v) is 7.43. The standard InChI is InChI=1S/C11H19ClF3NO2S/c12-10-5-2-1-4-9(10)8-16-19(17,18)7-3-6-11(13,14)15/h9-10,16H,1-8H2. The summed E-state index contributed by atoms with van der Waals surface area (Å²) < 4.78 is 61.2. The molecule has 0 bridgehead atoms. The van der Waals surface area contributed by atoms with Crippen molar-refractivity contribution in [1.29, 1.82) is 0 Å². The molecule has 0 aromatic rings. The third-order valence-corrected chi connectivity index (χ3v) is 5.26. The van der Waals surface area contributed by atoms with Gasteiger partial charge in [0.15, 0.2) is 0 Å². The van der Waals surface area contributed by atoms with Gasteiger partial charge in [-0.25, -0.2) is 13.1 Å². The highest BCUT2D eigenvalue weighted by atomic mass is 35.5. The minimum Gasteiger partial charge on any atom is -0.215 e. The van der Waals surface area contributed by atoms with E-state index < -0.39 is 34.8 Å². The number of nitrogens with one attached hydrogen (secondary N) is 1. The first kappa shape index (κ1) is 17.0. The van der Waals surface area contributed by atoms with Crippen molar-refractivity contribution in [2.45, 2.75) is 50.1 Å². The van der Waals surface area contributed by atoms with Crippen LogP contribution in [0.1, 0.15) is 38.5 Å². The summed E-state index contributed by atoms with van der Waals surface area (Å²) in [7, 11) is -3.64. The summed E-state index contributed by atoms with van der Waals surface area (Å²) in [5.41, 5.74) is 0. The highest BCUT2D eigenvalue weighted by Gasteiger charge is 2.28. The Hall–Kier alpha value is -0.0100. The van der Waals surface area contributed by atoms with E-state index in [1.807, 2.05) is 0 Å². The lowest BCUT2D eigenvalue weighted by Gasteiger charge is -2.27. The molecule has 2 atom stereocenters. The van der Waals surface area contributed by atoms with Gasteiger partial charge in [0.05, 0.1) is 5.75 Å². The van der Waals surface area contributed by atoms with Gasteiger partial charge in [-0.1, -0.05) is 12.8 Å². The fraction of sp³-hybridized carbons (Fsp3) is 1.00. The Morgan fingerprint density at radius 3 is 2.42 bits per heavy atom. The molecule has 0 aromatic heterocycles. The smallest absolute Gasteiger partial charge is 0.215 e. The summed E-state index contributed by atoms with van der Waals surface area (Å²) in [6.07, 6.45) is -2.00. The van der Waals surface area contributed by atoms with Gasteiger partial charge in [0, 0.05) is 18.3 Å². The van der Waals surface area contributed by atoms with E-state index in [1.165, 1.54) is 0 Å². The van der Waals surface area contributed by atoms with Crippen LogP contribution in [-0.2, 0) is 10.0 Å². The Morgan fingerprint density at radius 1 is 1.21 bits per heavy atom. The summed E-state index contributed by atoms with van der Waals surface area (Å²) in [5.74, 6) is -0.417. The second kappa shape index (κ2) is 7.13. The van der Waals surface area contributed by atoms with E-state index in [0.717, 1.165) is 25.7 Å². The van der Waals surface area contributed by atoms with Crippen molar-refractivity contribution in [2.75, 3.05) is 12.3 Å². The lowest BCUT2D eigenvalue weighted by molar-refractivity contribution is -0.134. The average Bonchev–Trinajstić information content (AvgIpc) is 2.26. The molecule has 1 aliphatic rings. The Bertz CT molecular complexity index is 373. The molecule has 0 radical (unpaired) electrons. The third-order valence-electron chi connectivity index (χ3n) is 3.26. The summed E-state index contributed by atoms with van der Waals surface area (Å²) in [4.78, 5) is 0. The minimum absolute atomic E-state index is 0.0494. The zero-order chi connectivity index (χ0) is 14.5. The highest BCUT2D eigenvalue weighted by Crippen LogP contribution is 2.28. The van der Waals surface area contributed by atoms with E-state index in [9.17, 15) is 21.6 Å². The number of hydrogen-bond donors (Lipinski definition) is 1. The van der Waals surface area contributed by atoms with Crippen LogP contribution < -0.4 is 4.72 Å². The molecule has 1 fully saturated rings. The normalized spacial score (nSPS) is 25.5. The molecule has 0 aliphatic heterocycles. The monoisotopic (exact) mass is 321 g/mol. The molecule has 0 spiro atoms. The largest absolute Gasteiger partial charge is 0.389 e. The Labute approximate surface area is 116 Å². The van der Waals surface area contributed by atoms with Crippen LogP contribution in [0.5, 0.6) is 0 Å². The van der Waals surface area contributed by atoms with Crippen LogP contribution in [0.15, 0.2) is 0 Å². The van der Waals surface area contributed by atoms with Gasteiger partial charge < -0.3 is 0 Å². The average molecular weight is 322 g/mol. The quantitative estimate of drug-likeness (QED) is 0.764. The van der Waals surface area contributed by atoms with Crippen LogP contribution in [0.2, 0.25) is 0 Å². The molecule has 3 nitrogen and oxygen atoms in total. The zero-order valence-electron chi connectivity index (χ0n) is 10.5. The second-order valence-electron chi connectivity index (χ2n) is 4.95. The van der Waals surface area contributed by atoms with Gasteiger partial charge in [0.2, 0.25) is 10.0 Å². The SMILES string of the molecule is O=S(=O)(CCCC(F)(F)F)NCC1CCCCC1Cl. The van der Waals surface area contributed by atoms with Gasteiger partial charge in [-0.05, 0) is 25.2 Å². The van der Waals surface area contributed by atoms with Gasteiger partial charge in [0.25, 0.3) is 0 Å². The highest BCUT2D eigenvalue weighted by molar-refractivity contribution is 7.89. The molecule has 0 aromatic carbocycles. The third kappa shape index (κ3) is 7.37. The number of hydrogen-bond acceptors (Lipinski definition) is 2. The van der Waals surface area contributed by atoms with Crippen LogP contribution in [-0.4, -0.2) is 32.3 Å². The number of rotatable bonds is 6. The molecule has 8 heteroatoms. The van der Waals surface area contributed by atoms with E-state index in [4.69, 9.17) is 11.6 Å². The predicted molar refractivity (Wildman–Crippen MR) is 68.7 cm³/mol. The van der Waals surface area contributed by atoms with Crippen molar-refractivity contribution in [2.24, 2.45) is 5.92 Å². The Morgan fingerprint density at radius 2 is 1.84 bits per heavy atom. The lowest BCUT2D eigenvalue weighted by Crippen LogP contribution is -2.36. The predicted octanol–water partition coefficient (Wildman–Crippen LogP) is 3.05. The van der Waals surface area contributed by atoms with Crippen LogP contribution >= 0.6 is 11.6 Å². The molecule has 0 amide bonds. The first-order valence-electron chi connectivity index (χ1n) is 6.38. The van der Waals surface area contributed by atoms with Gasteiger partial charge in [-0.2, -0.15) is 13.2 Å². The van der Waals surface area contributed by atoms with E-state index >= 15 is 0 Å². The molecule has 0 heterocycles. The Balaban J connectivity index is 2.30. The van der Waals surface area contributed by atoms with Gasteiger partial charge in [-0.3, -0.25) is 0 Å². The maximum Gasteiger partial charge on any atom is 0.389 e. The molecule has 0 saturated heterocycles. The van der Waals surface area contributed by atoms with E-state index in [-0.39, 0.29) is 17.8 Å². The minimum atomic E-state index is -4.31. The maximum atomic E-state index is 11.9. The fourth-order valence-electron chi connectivity index (χ4n) is 2.16. The maximum absolute atomic E-state index is 11.9. The first-order valence-corrected chi connectivity index (χ1v) is 8.47. The zero-order valence-corrected chi connectivity index (χ0v) is 12.1. The van der Waals surface area contributed by atoms with E-state index in [0.29, 0.717) is 0 Å². The van der Waals surface area contributed by atoms with Crippen molar-refractivity contribution in [3.8, 4) is 0 Å². The topological polar surface area (TPSA) is 46.2 Å². The van der Waals surface area contributed by atoms with Crippen molar-refractivity contribution < 1.29 is 21.6 Å². The molecule has 1 rings (SSSR count). The van der Waals surface area contributed by atoms with Crippen LogP contribution in [0, 0.1) is 5.92 Å². The fourth-order valence-corrected chi connectivity index (χ4v) is 3.67. The molecule has 19 heavy (non-hydrogen) atoms. The molecule has 2 unspecified atom stereocenters. The molecule has 1 N–H and O–H groups in total. The summed E-state index contributed by atoms with van der Waals surface area (Å²) in [6.45, 7) is 0.225. The Kier molecular flexibility index (Phi) is 6.39. The molecule has 1 saturated carbocycles. The van der Waals surface area contributed by atoms with Crippen molar-refractivity contribution in [3.05, 3.63) is 0 Å². The molecule has 114 valence electrons. The van der Waals surface area contributed by atoms with Gasteiger partial charge in [0.1, 0.15) is 0 Å². The number of halogens is 4. The number of alkyl halides is 4. The van der Waals surface area contributed by atoms with Crippen LogP contribution in [0.25, 0.3) is 0 Å². The van der Waals surface area contributed by atoms with Crippen molar-refractivity contribution >= 4 is 21.6 Å². The first-order chi connectivity index (χ1) is 8.70. The van der Waals surface area contributed by atoms with E-state index in [2.05, 4.69) is 4.72 Å². The van der Waals surface area contributed by atoms with E-state index in [1.54, 1.807) is 0 Å². The summed E-state index contributed by atoms with van der Waals surface area (Å²) >= 11 is 6.09. The van der Waals surface area contributed by atoms with Crippen molar-refractivity contribution in [1.82, 2.24) is 4.72 Å². The van der Waals surface area contributed by atoms with Crippen LogP contribution in [0.4, 0.5) is 13.2 Å².